The summed E-state index contributed by atoms with van der Waals surface area (Å²) in [6.45, 7) is 6.80. The molecule has 1 aliphatic rings. The minimum atomic E-state index is 0.0135. The van der Waals surface area contributed by atoms with Crippen LogP contribution in [0.1, 0.15) is 50.4 Å². The molecule has 4 heteroatoms. The molecule has 0 spiro atoms. The first-order valence-corrected chi connectivity index (χ1v) is 8.29. The molecule has 3 atom stereocenters. The monoisotopic (exact) mass is 299 g/mol. The third-order valence-corrected chi connectivity index (χ3v) is 5.06. The summed E-state index contributed by atoms with van der Waals surface area (Å²) in [7, 11) is 0. The summed E-state index contributed by atoms with van der Waals surface area (Å²) in [6.07, 6.45) is 5.31. The molecule has 1 aromatic heterocycles. The van der Waals surface area contributed by atoms with Crippen LogP contribution in [0.5, 0.6) is 0 Å². The third kappa shape index (κ3) is 2.87. The van der Waals surface area contributed by atoms with Crippen LogP contribution in [-0.4, -0.2) is 22.1 Å². The molecule has 3 rings (SSSR count). The van der Waals surface area contributed by atoms with Crippen LogP contribution in [-0.2, 0) is 0 Å². The fraction of sp³-hybridized carbons (Fsp3) is 0.556. The average molecular weight is 299 g/mol. The number of H-pyrrole nitrogens is 1. The van der Waals surface area contributed by atoms with Gasteiger partial charge in [-0.2, -0.15) is 5.10 Å². The second-order valence-corrected chi connectivity index (χ2v) is 7.05. The van der Waals surface area contributed by atoms with Gasteiger partial charge in [-0.05, 0) is 36.7 Å². The van der Waals surface area contributed by atoms with Crippen molar-refractivity contribution >= 4 is 16.8 Å². The number of aromatic amines is 1. The highest BCUT2D eigenvalue weighted by Gasteiger charge is 2.32. The molecule has 118 valence electrons. The van der Waals surface area contributed by atoms with Gasteiger partial charge in [0.05, 0.1) is 17.3 Å². The van der Waals surface area contributed by atoms with E-state index in [2.05, 4.69) is 36.3 Å². The number of amides is 1. The average Bonchev–Trinajstić information content (AvgIpc) is 2.95. The van der Waals surface area contributed by atoms with Crippen LogP contribution in [0.2, 0.25) is 0 Å². The van der Waals surface area contributed by atoms with Crippen molar-refractivity contribution in [3.63, 3.8) is 0 Å². The van der Waals surface area contributed by atoms with Crippen LogP contribution >= 0.6 is 0 Å². The number of benzene rings is 1. The lowest BCUT2D eigenvalue weighted by atomic mass is 9.74. The Balaban J connectivity index is 1.81. The maximum Gasteiger partial charge on any atom is 0.253 e. The highest BCUT2D eigenvalue weighted by molar-refractivity contribution is 6.05. The molecule has 2 N–H and O–H groups in total. The van der Waals surface area contributed by atoms with Crippen molar-refractivity contribution in [1.29, 1.82) is 0 Å². The molecule has 1 aromatic carbocycles. The van der Waals surface area contributed by atoms with Gasteiger partial charge in [0, 0.05) is 11.4 Å². The zero-order valence-corrected chi connectivity index (χ0v) is 13.6. The Morgan fingerprint density at radius 1 is 1.36 bits per heavy atom. The fourth-order valence-corrected chi connectivity index (χ4v) is 3.77. The number of hydrogen-bond donors (Lipinski definition) is 2. The van der Waals surface area contributed by atoms with Gasteiger partial charge in [-0.3, -0.25) is 9.89 Å². The maximum atomic E-state index is 12.7. The Kier molecular flexibility index (Phi) is 4.19. The number of aromatic nitrogens is 2. The Morgan fingerprint density at radius 3 is 2.95 bits per heavy atom. The molecule has 22 heavy (non-hydrogen) atoms. The molecule has 4 nitrogen and oxygen atoms in total. The normalized spacial score (nSPS) is 25.5. The zero-order valence-electron chi connectivity index (χ0n) is 13.6. The summed E-state index contributed by atoms with van der Waals surface area (Å²) in [5.41, 5.74) is 1.51. The van der Waals surface area contributed by atoms with Crippen molar-refractivity contribution in [3.05, 3.63) is 30.0 Å². The van der Waals surface area contributed by atoms with Crippen molar-refractivity contribution in [1.82, 2.24) is 15.5 Å². The maximum absolute atomic E-state index is 12.7. The van der Waals surface area contributed by atoms with E-state index in [0.717, 1.165) is 17.3 Å². The Bertz CT molecular complexity index is 661. The second-order valence-electron chi connectivity index (χ2n) is 7.05. The van der Waals surface area contributed by atoms with Gasteiger partial charge in [-0.1, -0.05) is 39.3 Å². The van der Waals surface area contributed by atoms with Crippen LogP contribution in [0, 0.1) is 17.8 Å². The molecule has 0 radical (unpaired) electrons. The third-order valence-electron chi connectivity index (χ3n) is 5.06. The first-order chi connectivity index (χ1) is 10.6. The molecule has 0 bridgehead atoms. The van der Waals surface area contributed by atoms with E-state index in [0.29, 0.717) is 23.3 Å². The first-order valence-electron chi connectivity index (χ1n) is 8.29. The van der Waals surface area contributed by atoms with Crippen LogP contribution in [0.15, 0.2) is 24.4 Å². The van der Waals surface area contributed by atoms with Gasteiger partial charge in [0.25, 0.3) is 5.91 Å². The Morgan fingerprint density at radius 2 is 2.18 bits per heavy atom. The van der Waals surface area contributed by atoms with E-state index in [9.17, 15) is 4.79 Å². The molecule has 1 aliphatic carbocycles. The lowest BCUT2D eigenvalue weighted by Gasteiger charge is -2.37. The number of nitrogens with zero attached hydrogens (tertiary/aromatic N) is 1. The highest BCUT2D eigenvalue weighted by Crippen LogP contribution is 2.33. The lowest BCUT2D eigenvalue weighted by molar-refractivity contribution is 0.0869. The highest BCUT2D eigenvalue weighted by atomic mass is 16.1. The van der Waals surface area contributed by atoms with E-state index in [-0.39, 0.29) is 11.9 Å². The minimum Gasteiger partial charge on any atom is -0.349 e. The summed E-state index contributed by atoms with van der Waals surface area (Å²) in [4.78, 5) is 12.7. The Labute approximate surface area is 131 Å². The van der Waals surface area contributed by atoms with Crippen LogP contribution in [0.3, 0.4) is 0 Å². The molecular formula is C18H25N3O. The van der Waals surface area contributed by atoms with Gasteiger partial charge in [0.15, 0.2) is 0 Å². The largest absolute Gasteiger partial charge is 0.349 e. The Hall–Kier alpha value is -1.84. The number of nitrogens with one attached hydrogen (secondary N) is 2. The molecule has 0 saturated heterocycles. The number of carbonyl (C=O) groups excluding carboxylic acids is 1. The quantitative estimate of drug-likeness (QED) is 0.906. The van der Waals surface area contributed by atoms with E-state index < -0.39 is 0 Å². The number of para-hydroxylation sites is 1. The fourth-order valence-electron chi connectivity index (χ4n) is 3.77. The summed E-state index contributed by atoms with van der Waals surface area (Å²) in [5.74, 6) is 1.87. The molecular weight excluding hydrogens is 274 g/mol. The van der Waals surface area contributed by atoms with E-state index in [4.69, 9.17) is 0 Å². The van der Waals surface area contributed by atoms with Crippen molar-refractivity contribution in [2.24, 2.45) is 17.8 Å². The van der Waals surface area contributed by atoms with Gasteiger partial charge in [-0.15, -0.1) is 0 Å². The van der Waals surface area contributed by atoms with Crippen molar-refractivity contribution in [3.8, 4) is 0 Å². The van der Waals surface area contributed by atoms with Gasteiger partial charge >= 0.3 is 0 Å². The smallest absolute Gasteiger partial charge is 0.253 e. The van der Waals surface area contributed by atoms with Crippen LogP contribution in [0.4, 0.5) is 0 Å². The number of carbonyl (C=O) groups is 1. The minimum absolute atomic E-state index is 0.0135. The number of hydrogen-bond acceptors (Lipinski definition) is 2. The predicted octanol–water partition coefficient (Wildman–Crippen LogP) is 3.75. The number of rotatable bonds is 3. The summed E-state index contributed by atoms with van der Waals surface area (Å²) in [5, 5.41) is 11.2. The topological polar surface area (TPSA) is 57.8 Å². The van der Waals surface area contributed by atoms with E-state index in [1.165, 1.54) is 12.8 Å². The van der Waals surface area contributed by atoms with Gasteiger partial charge in [-0.25, -0.2) is 0 Å². The predicted molar refractivity (Wildman–Crippen MR) is 88.7 cm³/mol. The van der Waals surface area contributed by atoms with Crippen molar-refractivity contribution < 1.29 is 4.79 Å². The summed E-state index contributed by atoms with van der Waals surface area (Å²) < 4.78 is 0. The molecule has 3 unspecified atom stereocenters. The van der Waals surface area contributed by atoms with Gasteiger partial charge < -0.3 is 5.32 Å². The van der Waals surface area contributed by atoms with E-state index >= 15 is 0 Å². The molecule has 1 fully saturated rings. The van der Waals surface area contributed by atoms with Crippen LogP contribution < -0.4 is 5.32 Å². The van der Waals surface area contributed by atoms with Crippen molar-refractivity contribution in [2.75, 3.05) is 0 Å². The van der Waals surface area contributed by atoms with Crippen molar-refractivity contribution in [2.45, 2.75) is 46.1 Å². The van der Waals surface area contributed by atoms with Gasteiger partial charge in [0.2, 0.25) is 0 Å². The summed E-state index contributed by atoms with van der Waals surface area (Å²) >= 11 is 0. The van der Waals surface area contributed by atoms with E-state index in [1.54, 1.807) is 6.20 Å². The summed E-state index contributed by atoms with van der Waals surface area (Å²) in [6, 6.07) is 6.02. The zero-order chi connectivity index (χ0) is 15.7. The SMILES string of the molecule is CC1CCC(C(C)C)C(NC(=O)c2cccc3cn[nH]c23)C1. The molecule has 1 amide bonds. The van der Waals surface area contributed by atoms with Crippen LogP contribution in [0.25, 0.3) is 10.9 Å². The molecule has 2 aromatic rings. The lowest BCUT2D eigenvalue weighted by Crippen LogP contribution is -2.45. The molecule has 1 saturated carbocycles. The first kappa shape index (κ1) is 15.1. The molecule has 1 heterocycles. The second kappa shape index (κ2) is 6.11. The van der Waals surface area contributed by atoms with E-state index in [1.807, 2.05) is 18.2 Å². The number of fused-ring (bicyclic) bond motifs is 1. The molecule has 0 aliphatic heterocycles. The standard InChI is InChI=1S/C18H25N3O/c1-11(2)14-8-7-12(3)9-16(14)20-18(22)15-6-4-5-13-10-19-21-17(13)15/h4-6,10-12,14,16H,7-9H2,1-3H3,(H,19,21)(H,20,22). The van der Waals surface area contributed by atoms with Gasteiger partial charge in [0.1, 0.15) is 0 Å².